The van der Waals surface area contributed by atoms with E-state index in [1.165, 1.54) is 27.4 Å². The van der Waals surface area contributed by atoms with Crippen LogP contribution in [-0.4, -0.2) is 48.2 Å². The second-order valence-electron chi connectivity index (χ2n) is 6.09. The Balaban J connectivity index is 1.56. The van der Waals surface area contributed by atoms with Crippen LogP contribution in [0.2, 0.25) is 5.02 Å². The van der Waals surface area contributed by atoms with Gasteiger partial charge in [-0.3, -0.25) is 4.79 Å². The zero-order valence-corrected chi connectivity index (χ0v) is 17.8. The van der Waals surface area contributed by atoms with Gasteiger partial charge in [-0.1, -0.05) is 52.9 Å². The van der Waals surface area contributed by atoms with Crippen molar-refractivity contribution in [2.24, 2.45) is 5.92 Å². The number of hydrogen-bond donors (Lipinski definition) is 1. The Kier molecular flexibility index (Phi) is 6.74. The Morgan fingerprint density at radius 3 is 2.67 bits per heavy atom. The molecule has 1 aromatic carbocycles. The molecule has 146 valence electrons. The maximum Gasteiger partial charge on any atom is 0.229 e. The van der Waals surface area contributed by atoms with Gasteiger partial charge in [-0.15, -0.1) is 10.2 Å². The third kappa shape index (κ3) is 5.20. The minimum absolute atomic E-state index is 0.133. The van der Waals surface area contributed by atoms with Crippen molar-refractivity contribution in [1.29, 1.82) is 0 Å². The molecular weight excluding hydrogens is 428 g/mol. The van der Waals surface area contributed by atoms with Crippen LogP contribution in [0.1, 0.15) is 18.4 Å². The summed E-state index contributed by atoms with van der Waals surface area (Å²) in [6.07, 6.45) is 2.84. The first-order valence-electron chi connectivity index (χ1n) is 8.28. The largest absolute Gasteiger partial charge is 0.300 e. The molecule has 2 heterocycles. The van der Waals surface area contributed by atoms with Crippen molar-refractivity contribution in [3.63, 3.8) is 0 Å². The number of nitrogens with one attached hydrogen (secondary N) is 1. The second kappa shape index (κ2) is 8.87. The number of sulfonamides is 1. The average molecular weight is 447 g/mol. The smallest absolute Gasteiger partial charge is 0.229 e. The molecule has 1 saturated heterocycles. The van der Waals surface area contributed by atoms with Gasteiger partial charge in [0.2, 0.25) is 21.1 Å². The highest BCUT2D eigenvalue weighted by Gasteiger charge is 2.31. The molecule has 27 heavy (non-hydrogen) atoms. The molecule has 2 aromatic rings. The summed E-state index contributed by atoms with van der Waals surface area (Å²) in [6.45, 7) is 0.633. The number of piperidine rings is 1. The van der Waals surface area contributed by atoms with E-state index in [0.29, 0.717) is 41.6 Å². The van der Waals surface area contributed by atoms with Crippen LogP contribution >= 0.6 is 34.7 Å². The number of hydrogen-bond acceptors (Lipinski definition) is 7. The summed E-state index contributed by atoms with van der Waals surface area (Å²) >= 11 is 8.87. The molecule has 0 atom stereocenters. The number of carbonyl (C=O) groups excluding carboxylic acids is 1. The number of halogens is 1. The summed E-state index contributed by atoms with van der Waals surface area (Å²) in [5.41, 5.74) is 0.583. The number of amides is 1. The van der Waals surface area contributed by atoms with Crippen molar-refractivity contribution >= 4 is 55.8 Å². The average Bonchev–Trinajstić information content (AvgIpc) is 3.11. The zero-order chi connectivity index (χ0) is 19.4. The predicted molar refractivity (Wildman–Crippen MR) is 109 cm³/mol. The lowest BCUT2D eigenvalue weighted by Gasteiger charge is -2.30. The van der Waals surface area contributed by atoms with E-state index in [-0.39, 0.29) is 17.6 Å². The van der Waals surface area contributed by atoms with Crippen LogP contribution in [0.4, 0.5) is 5.13 Å². The van der Waals surface area contributed by atoms with Gasteiger partial charge in [-0.25, -0.2) is 12.7 Å². The zero-order valence-electron chi connectivity index (χ0n) is 14.6. The lowest BCUT2D eigenvalue weighted by atomic mass is 9.97. The van der Waals surface area contributed by atoms with Crippen LogP contribution < -0.4 is 5.32 Å². The molecular formula is C16H19ClN4O3S3. The fourth-order valence-electron chi connectivity index (χ4n) is 2.85. The summed E-state index contributed by atoms with van der Waals surface area (Å²) < 4.78 is 27.5. The van der Waals surface area contributed by atoms with Gasteiger partial charge in [0.05, 0.1) is 5.75 Å². The van der Waals surface area contributed by atoms with E-state index in [1.807, 2.05) is 6.26 Å². The van der Waals surface area contributed by atoms with Crippen molar-refractivity contribution in [1.82, 2.24) is 14.5 Å². The molecule has 0 saturated carbocycles. The first-order chi connectivity index (χ1) is 12.9. The fourth-order valence-corrected chi connectivity index (χ4v) is 5.90. The Bertz CT molecular complexity index is 911. The first-order valence-corrected chi connectivity index (χ1v) is 12.3. The Morgan fingerprint density at radius 1 is 1.33 bits per heavy atom. The van der Waals surface area contributed by atoms with Crippen molar-refractivity contribution in [2.75, 3.05) is 24.7 Å². The summed E-state index contributed by atoms with van der Waals surface area (Å²) in [7, 11) is -3.47. The van der Waals surface area contributed by atoms with E-state index in [1.54, 1.807) is 24.3 Å². The van der Waals surface area contributed by atoms with E-state index in [4.69, 9.17) is 11.6 Å². The second-order valence-corrected chi connectivity index (χ2v) is 10.5. The van der Waals surface area contributed by atoms with Gasteiger partial charge >= 0.3 is 0 Å². The maximum absolute atomic E-state index is 12.7. The van der Waals surface area contributed by atoms with E-state index in [9.17, 15) is 13.2 Å². The highest BCUT2D eigenvalue weighted by atomic mass is 35.5. The highest BCUT2D eigenvalue weighted by Crippen LogP contribution is 2.27. The molecule has 1 aromatic heterocycles. The van der Waals surface area contributed by atoms with Gasteiger partial charge in [0.15, 0.2) is 4.34 Å². The predicted octanol–water partition coefficient (Wildman–Crippen LogP) is 3.09. The molecule has 0 bridgehead atoms. The minimum atomic E-state index is -3.47. The fraction of sp³-hybridized carbons (Fsp3) is 0.438. The SMILES string of the molecule is CSc1nnc(NC(=O)C2CCN(S(=O)(=O)Cc3ccccc3Cl)CC2)s1. The van der Waals surface area contributed by atoms with Crippen molar-refractivity contribution in [3.05, 3.63) is 34.9 Å². The number of nitrogens with zero attached hydrogens (tertiary/aromatic N) is 3. The van der Waals surface area contributed by atoms with Crippen LogP contribution in [0, 0.1) is 5.92 Å². The molecule has 0 spiro atoms. The maximum atomic E-state index is 12.7. The molecule has 0 radical (unpaired) electrons. The molecule has 0 unspecified atom stereocenters. The van der Waals surface area contributed by atoms with Gasteiger partial charge in [0.25, 0.3) is 0 Å². The lowest BCUT2D eigenvalue weighted by molar-refractivity contribution is -0.120. The van der Waals surface area contributed by atoms with Gasteiger partial charge in [-0.05, 0) is 30.7 Å². The number of carbonyl (C=O) groups is 1. The Hall–Kier alpha value is -1.20. The van der Waals surface area contributed by atoms with E-state index in [0.717, 1.165) is 4.34 Å². The Morgan fingerprint density at radius 2 is 2.04 bits per heavy atom. The topological polar surface area (TPSA) is 92.3 Å². The number of anilines is 1. The summed E-state index contributed by atoms with van der Waals surface area (Å²) in [6, 6.07) is 6.93. The third-order valence-electron chi connectivity index (χ3n) is 4.33. The van der Waals surface area contributed by atoms with Crippen LogP contribution in [0.25, 0.3) is 0 Å². The number of aromatic nitrogens is 2. The van der Waals surface area contributed by atoms with Gasteiger partial charge in [0, 0.05) is 24.0 Å². The first kappa shape index (κ1) is 20.5. The normalized spacial score (nSPS) is 16.4. The third-order valence-corrected chi connectivity index (χ3v) is 8.34. The molecule has 7 nitrogen and oxygen atoms in total. The molecule has 1 fully saturated rings. The monoisotopic (exact) mass is 446 g/mol. The highest BCUT2D eigenvalue weighted by molar-refractivity contribution is 8.00. The molecule has 11 heteroatoms. The summed E-state index contributed by atoms with van der Waals surface area (Å²) in [5.74, 6) is -0.508. The quantitative estimate of drug-likeness (QED) is 0.541. The van der Waals surface area contributed by atoms with Gasteiger partial charge in [-0.2, -0.15) is 0 Å². The van der Waals surface area contributed by atoms with Crippen molar-refractivity contribution in [3.8, 4) is 0 Å². The van der Waals surface area contributed by atoms with Crippen LogP contribution in [0.3, 0.4) is 0 Å². The number of thioether (sulfide) groups is 1. The van der Waals surface area contributed by atoms with Crippen LogP contribution in [0.15, 0.2) is 28.6 Å². The standard InChI is InChI=1S/C16H19ClN4O3S3/c1-25-16-20-19-15(26-16)18-14(22)11-6-8-21(9-7-11)27(23,24)10-12-4-2-3-5-13(12)17/h2-5,11H,6-10H2,1H3,(H,18,19,22). The van der Waals surface area contributed by atoms with E-state index in [2.05, 4.69) is 15.5 Å². The van der Waals surface area contributed by atoms with E-state index < -0.39 is 10.0 Å². The Labute approximate surface area is 171 Å². The van der Waals surface area contributed by atoms with Crippen molar-refractivity contribution < 1.29 is 13.2 Å². The molecule has 1 aliphatic heterocycles. The van der Waals surface area contributed by atoms with Crippen LogP contribution in [0.5, 0.6) is 0 Å². The summed E-state index contributed by atoms with van der Waals surface area (Å²) in [5, 5.41) is 11.6. The number of benzene rings is 1. The minimum Gasteiger partial charge on any atom is -0.300 e. The van der Waals surface area contributed by atoms with Gasteiger partial charge < -0.3 is 5.32 Å². The van der Waals surface area contributed by atoms with E-state index >= 15 is 0 Å². The molecule has 1 aliphatic rings. The number of rotatable bonds is 6. The lowest BCUT2D eigenvalue weighted by Crippen LogP contribution is -2.41. The van der Waals surface area contributed by atoms with Crippen LogP contribution in [-0.2, 0) is 20.6 Å². The van der Waals surface area contributed by atoms with Gasteiger partial charge in [0.1, 0.15) is 0 Å². The molecule has 1 amide bonds. The van der Waals surface area contributed by atoms with Crippen molar-refractivity contribution in [2.45, 2.75) is 22.9 Å². The summed E-state index contributed by atoms with van der Waals surface area (Å²) in [4.78, 5) is 12.4. The molecule has 1 N–H and O–H groups in total. The molecule has 0 aliphatic carbocycles. The molecule has 3 rings (SSSR count).